The number of benzene rings is 1. The Kier molecular flexibility index (Phi) is 4.92. The Morgan fingerprint density at radius 1 is 1.16 bits per heavy atom. The molecule has 2 amide bonds. The van der Waals surface area contributed by atoms with Crippen LogP contribution in [0.15, 0.2) is 42.5 Å². The molecule has 0 bridgehead atoms. The third-order valence-electron chi connectivity index (χ3n) is 4.18. The molecule has 1 aliphatic rings. The summed E-state index contributed by atoms with van der Waals surface area (Å²) in [5.74, 6) is 0.438. The first-order chi connectivity index (χ1) is 12.0. The van der Waals surface area contributed by atoms with Crippen molar-refractivity contribution in [1.29, 1.82) is 0 Å². The van der Waals surface area contributed by atoms with E-state index in [4.69, 9.17) is 0 Å². The Balaban J connectivity index is 1.76. The molecule has 2 atom stereocenters. The van der Waals surface area contributed by atoms with Crippen LogP contribution in [0, 0.1) is 0 Å². The topological polar surface area (TPSA) is 87.2 Å². The molecule has 7 nitrogen and oxygen atoms in total. The van der Waals surface area contributed by atoms with Crippen molar-refractivity contribution < 1.29 is 9.59 Å². The van der Waals surface area contributed by atoms with Gasteiger partial charge in [0, 0.05) is 20.5 Å². The minimum Gasteiger partial charge on any atom is -0.363 e. The van der Waals surface area contributed by atoms with E-state index in [0.717, 1.165) is 5.56 Å². The highest BCUT2D eigenvalue weighted by Crippen LogP contribution is 2.26. The SMILES string of the molecule is CN(C)C(=O)c1ccc(N[C@@H]2CCC(=O)N[C@H]2c2ccccc2)nn1. The number of aromatic nitrogens is 2. The highest BCUT2D eigenvalue weighted by atomic mass is 16.2. The number of rotatable bonds is 4. The highest BCUT2D eigenvalue weighted by Gasteiger charge is 2.30. The normalized spacial score (nSPS) is 19.8. The lowest BCUT2D eigenvalue weighted by Gasteiger charge is -2.33. The first-order valence-corrected chi connectivity index (χ1v) is 8.21. The summed E-state index contributed by atoms with van der Waals surface area (Å²) in [5.41, 5.74) is 1.34. The van der Waals surface area contributed by atoms with Crippen LogP contribution < -0.4 is 10.6 Å². The van der Waals surface area contributed by atoms with Crippen LogP contribution in [-0.4, -0.2) is 47.0 Å². The Bertz CT molecular complexity index is 746. The molecule has 1 aliphatic heterocycles. The van der Waals surface area contributed by atoms with Crippen molar-refractivity contribution in [3.63, 3.8) is 0 Å². The average Bonchev–Trinajstić information content (AvgIpc) is 2.64. The van der Waals surface area contributed by atoms with Gasteiger partial charge in [0.1, 0.15) is 5.82 Å². The summed E-state index contributed by atoms with van der Waals surface area (Å²) in [6.07, 6.45) is 1.16. The minimum absolute atomic E-state index is 0.00444. The van der Waals surface area contributed by atoms with Gasteiger partial charge in [-0.05, 0) is 24.1 Å². The molecule has 130 valence electrons. The van der Waals surface area contributed by atoms with E-state index in [-0.39, 0.29) is 23.9 Å². The fourth-order valence-corrected chi connectivity index (χ4v) is 2.87. The van der Waals surface area contributed by atoms with E-state index < -0.39 is 0 Å². The van der Waals surface area contributed by atoms with Crippen LogP contribution in [0.1, 0.15) is 34.9 Å². The minimum atomic E-state index is -0.189. The van der Waals surface area contributed by atoms with Gasteiger partial charge < -0.3 is 15.5 Å². The number of hydrogen-bond acceptors (Lipinski definition) is 5. The van der Waals surface area contributed by atoms with Gasteiger partial charge in [-0.15, -0.1) is 10.2 Å². The summed E-state index contributed by atoms with van der Waals surface area (Å²) in [6.45, 7) is 0. The van der Waals surface area contributed by atoms with Gasteiger partial charge in [-0.25, -0.2) is 0 Å². The summed E-state index contributed by atoms with van der Waals surface area (Å²) >= 11 is 0. The number of piperidine rings is 1. The van der Waals surface area contributed by atoms with Crippen LogP contribution in [0.5, 0.6) is 0 Å². The van der Waals surface area contributed by atoms with E-state index in [2.05, 4.69) is 20.8 Å². The molecule has 1 aromatic carbocycles. The quantitative estimate of drug-likeness (QED) is 0.884. The van der Waals surface area contributed by atoms with E-state index in [1.54, 1.807) is 26.2 Å². The monoisotopic (exact) mass is 339 g/mol. The van der Waals surface area contributed by atoms with Crippen molar-refractivity contribution in [2.75, 3.05) is 19.4 Å². The van der Waals surface area contributed by atoms with Gasteiger partial charge in [-0.3, -0.25) is 9.59 Å². The van der Waals surface area contributed by atoms with E-state index in [1.165, 1.54) is 4.90 Å². The maximum Gasteiger partial charge on any atom is 0.273 e. The van der Waals surface area contributed by atoms with Crippen molar-refractivity contribution in [1.82, 2.24) is 20.4 Å². The molecule has 1 aromatic heterocycles. The number of nitrogens with zero attached hydrogens (tertiary/aromatic N) is 3. The van der Waals surface area contributed by atoms with Crippen LogP contribution in [0.2, 0.25) is 0 Å². The molecular formula is C18H21N5O2. The summed E-state index contributed by atoms with van der Waals surface area (Å²) in [7, 11) is 3.34. The number of anilines is 1. The Labute approximate surface area is 146 Å². The third-order valence-corrected chi connectivity index (χ3v) is 4.18. The number of amides is 2. The third kappa shape index (κ3) is 3.93. The lowest BCUT2D eigenvalue weighted by molar-refractivity contribution is -0.123. The van der Waals surface area contributed by atoms with Crippen molar-refractivity contribution in [3.8, 4) is 0 Å². The van der Waals surface area contributed by atoms with Crippen molar-refractivity contribution in [2.24, 2.45) is 0 Å². The summed E-state index contributed by atoms with van der Waals surface area (Å²) in [4.78, 5) is 25.2. The Hall–Kier alpha value is -2.96. The Morgan fingerprint density at radius 2 is 1.92 bits per heavy atom. The number of carbonyl (C=O) groups excluding carboxylic acids is 2. The molecule has 0 radical (unpaired) electrons. The lowest BCUT2D eigenvalue weighted by atomic mass is 9.92. The number of nitrogens with one attached hydrogen (secondary N) is 2. The predicted molar refractivity (Wildman–Crippen MR) is 94.0 cm³/mol. The molecular weight excluding hydrogens is 318 g/mol. The molecule has 25 heavy (non-hydrogen) atoms. The molecule has 2 N–H and O–H groups in total. The zero-order chi connectivity index (χ0) is 17.8. The second-order valence-corrected chi connectivity index (χ2v) is 6.25. The first kappa shape index (κ1) is 16.9. The van der Waals surface area contributed by atoms with Crippen LogP contribution in [0.4, 0.5) is 5.82 Å². The maximum absolute atomic E-state index is 11.9. The van der Waals surface area contributed by atoms with Gasteiger partial charge in [-0.1, -0.05) is 30.3 Å². The van der Waals surface area contributed by atoms with Gasteiger partial charge in [0.2, 0.25) is 5.91 Å². The van der Waals surface area contributed by atoms with Crippen molar-refractivity contribution in [3.05, 3.63) is 53.7 Å². The summed E-state index contributed by atoms with van der Waals surface area (Å²) in [6, 6.07) is 13.1. The molecule has 0 saturated carbocycles. The summed E-state index contributed by atoms with van der Waals surface area (Å²) < 4.78 is 0. The van der Waals surface area contributed by atoms with E-state index >= 15 is 0 Å². The standard InChI is InChI=1S/C18H21N5O2/c1-23(2)18(25)14-8-10-15(22-21-14)19-13-9-11-16(24)20-17(13)12-6-4-3-5-7-12/h3-8,10,13,17H,9,11H2,1-2H3,(H,19,22)(H,20,24)/t13-,17+/m1/s1. The largest absolute Gasteiger partial charge is 0.363 e. The predicted octanol–water partition coefficient (Wildman–Crippen LogP) is 1.61. The van der Waals surface area contributed by atoms with Gasteiger partial charge in [0.25, 0.3) is 5.91 Å². The molecule has 2 heterocycles. The lowest BCUT2D eigenvalue weighted by Crippen LogP contribution is -2.45. The highest BCUT2D eigenvalue weighted by molar-refractivity contribution is 5.91. The second kappa shape index (κ2) is 7.29. The van der Waals surface area contributed by atoms with Gasteiger partial charge in [0.05, 0.1) is 12.1 Å². The van der Waals surface area contributed by atoms with E-state index in [1.807, 2.05) is 30.3 Å². The summed E-state index contributed by atoms with van der Waals surface area (Å²) in [5, 5.41) is 14.5. The molecule has 0 aliphatic carbocycles. The number of hydrogen-bond donors (Lipinski definition) is 2. The molecule has 2 aromatic rings. The molecule has 7 heteroatoms. The van der Waals surface area contributed by atoms with Crippen LogP contribution >= 0.6 is 0 Å². The molecule has 1 fully saturated rings. The fourth-order valence-electron chi connectivity index (χ4n) is 2.87. The zero-order valence-corrected chi connectivity index (χ0v) is 14.3. The second-order valence-electron chi connectivity index (χ2n) is 6.25. The van der Waals surface area contributed by atoms with Crippen molar-refractivity contribution in [2.45, 2.75) is 24.9 Å². The molecule has 3 rings (SSSR count). The molecule has 1 saturated heterocycles. The maximum atomic E-state index is 11.9. The molecule has 0 spiro atoms. The van der Waals surface area contributed by atoms with Crippen LogP contribution in [0.3, 0.4) is 0 Å². The van der Waals surface area contributed by atoms with Crippen LogP contribution in [-0.2, 0) is 4.79 Å². The van der Waals surface area contributed by atoms with E-state index in [9.17, 15) is 9.59 Å². The Morgan fingerprint density at radius 3 is 2.56 bits per heavy atom. The van der Waals surface area contributed by atoms with Gasteiger partial charge >= 0.3 is 0 Å². The van der Waals surface area contributed by atoms with Gasteiger partial charge in [-0.2, -0.15) is 0 Å². The fraction of sp³-hybridized carbons (Fsp3) is 0.333. The average molecular weight is 339 g/mol. The smallest absolute Gasteiger partial charge is 0.273 e. The van der Waals surface area contributed by atoms with Gasteiger partial charge in [0.15, 0.2) is 5.69 Å². The molecule has 0 unspecified atom stereocenters. The van der Waals surface area contributed by atoms with E-state index in [0.29, 0.717) is 24.4 Å². The van der Waals surface area contributed by atoms with Crippen LogP contribution in [0.25, 0.3) is 0 Å². The first-order valence-electron chi connectivity index (χ1n) is 8.21. The van der Waals surface area contributed by atoms with Crippen molar-refractivity contribution >= 4 is 17.6 Å². The zero-order valence-electron chi connectivity index (χ0n) is 14.3. The number of carbonyl (C=O) groups is 2.